The summed E-state index contributed by atoms with van der Waals surface area (Å²) in [4.78, 5) is 44.3. The van der Waals surface area contributed by atoms with Gasteiger partial charge in [-0.3, -0.25) is 19.4 Å². The Morgan fingerprint density at radius 2 is 1.84 bits per heavy atom. The molecular weight excluding hydrogens is 739 g/mol. The highest BCUT2D eigenvalue weighted by molar-refractivity contribution is 7.99. The van der Waals surface area contributed by atoms with E-state index in [-0.39, 0.29) is 36.7 Å². The fraction of sp³-hybridized carbons (Fsp3) is 0.415. The average Bonchev–Trinajstić information content (AvgIpc) is 3.68. The van der Waals surface area contributed by atoms with Crippen LogP contribution < -0.4 is 24.8 Å². The fourth-order valence-electron chi connectivity index (χ4n) is 9.17. The number of amides is 2. The van der Waals surface area contributed by atoms with Gasteiger partial charge in [0, 0.05) is 46.2 Å². The molecule has 292 valence electrons. The zero-order valence-electron chi connectivity index (χ0n) is 31.6. The zero-order valence-corrected chi connectivity index (χ0v) is 32.4. The molecule has 0 spiro atoms. The molecule has 8 atom stereocenters. The maximum absolute atomic E-state index is 13.9. The number of thioether (sulfide) groups is 1. The number of methoxy groups -OCH3 is 1. The van der Waals surface area contributed by atoms with E-state index in [0.717, 1.165) is 16.7 Å². The van der Waals surface area contributed by atoms with E-state index in [2.05, 4.69) is 26.5 Å². The second kappa shape index (κ2) is 14.6. The second-order valence-electron chi connectivity index (χ2n) is 14.8. The number of hydrogen-bond donors (Lipinski definition) is 4. The molecule has 4 N–H and O–H groups in total. The summed E-state index contributed by atoms with van der Waals surface area (Å²) in [5.74, 6) is -0.541. The second-order valence-corrected chi connectivity index (χ2v) is 16.0. The van der Waals surface area contributed by atoms with Gasteiger partial charge in [-0.15, -0.1) is 11.8 Å². The first-order chi connectivity index (χ1) is 26.9. The van der Waals surface area contributed by atoms with Crippen molar-refractivity contribution in [1.82, 2.24) is 20.4 Å². The number of nitriles is 1. The Bertz CT molecular complexity index is 2190. The van der Waals surface area contributed by atoms with Crippen molar-refractivity contribution in [2.75, 3.05) is 33.3 Å². The van der Waals surface area contributed by atoms with Gasteiger partial charge in [-0.05, 0) is 57.0 Å². The number of carbonyl (C=O) groups is 3. The van der Waals surface area contributed by atoms with Gasteiger partial charge in [-0.1, -0.05) is 36.4 Å². The molecule has 6 aliphatic heterocycles. The van der Waals surface area contributed by atoms with Crippen LogP contribution in [0.5, 0.6) is 28.7 Å². The van der Waals surface area contributed by atoms with Gasteiger partial charge in [0.1, 0.15) is 30.5 Å². The molecule has 6 aliphatic rings. The van der Waals surface area contributed by atoms with Gasteiger partial charge in [0.15, 0.2) is 23.0 Å². The van der Waals surface area contributed by atoms with Crippen molar-refractivity contribution in [3.8, 4) is 34.8 Å². The number of hydrogen-bond acceptors (Lipinski definition) is 13. The Balaban J connectivity index is 1.19. The van der Waals surface area contributed by atoms with Gasteiger partial charge in [0.25, 0.3) is 0 Å². The minimum absolute atomic E-state index is 0.00111. The van der Waals surface area contributed by atoms with Crippen LogP contribution in [0, 0.1) is 25.2 Å². The van der Waals surface area contributed by atoms with Crippen LogP contribution in [0.1, 0.15) is 63.2 Å². The van der Waals surface area contributed by atoms with Gasteiger partial charge in [0.05, 0.1) is 30.5 Å². The SMILES string of the molecule is COc1c(C)cc2c(c1O)[C@H]1C3[C@@H]4SC[C@H](NC(=O)C(C)NC(=O)/C=C/c5ccccc5)C(=O)OC[C@@H](c5c6c(c(C)c(O)c54)OCO6)N3[C@@H](C#N)[C@H](C2)N1C. The first kappa shape index (κ1) is 37.5. The van der Waals surface area contributed by atoms with E-state index < -0.39 is 59.3 Å². The highest BCUT2D eigenvalue weighted by Crippen LogP contribution is 2.63. The Morgan fingerprint density at radius 3 is 2.57 bits per heavy atom. The van der Waals surface area contributed by atoms with Gasteiger partial charge in [-0.2, -0.15) is 5.26 Å². The smallest absolute Gasteiger partial charge is 0.329 e. The number of aromatic hydroxyl groups is 2. The molecule has 56 heavy (non-hydrogen) atoms. The number of nitrogens with zero attached hydrogens (tertiary/aromatic N) is 3. The molecule has 2 amide bonds. The Kier molecular flexibility index (Phi) is 9.76. The Hall–Kier alpha value is -5.43. The fourth-order valence-corrected chi connectivity index (χ4v) is 10.7. The highest BCUT2D eigenvalue weighted by Gasteiger charge is 2.60. The monoisotopic (exact) mass is 781 g/mol. The third-order valence-corrected chi connectivity index (χ3v) is 13.1. The molecule has 6 heterocycles. The van der Waals surface area contributed by atoms with Gasteiger partial charge in [-0.25, -0.2) is 4.79 Å². The van der Waals surface area contributed by atoms with E-state index in [1.165, 1.54) is 31.9 Å². The standard InChI is InChI=1S/C41H43N5O9S/c1-19-13-23-14-25-26(15-42)46-27-16-53-41(51)24(44-40(50)21(3)43-28(47)12-11-22-9-7-6-8-10-22)17-56-39(31-30(27)38-37(54-18-55-38)20(2)34(31)48)33(46)32(45(25)4)29(23)35(49)36(19)52-5/h6-13,21,24-27,32-33,39,48-49H,14,16-18H2,1-5H3,(H,43,47)(H,44,50)/b12-11+/t21?,24-,25-,26-,27-,32-,33?,39+/m0/s1. The number of aryl methyl sites for hydroxylation is 1. The number of phenolic OH excluding ortho intramolecular Hbond substituents is 2. The van der Waals surface area contributed by atoms with Gasteiger partial charge < -0.3 is 39.8 Å². The Morgan fingerprint density at radius 1 is 1.09 bits per heavy atom. The molecule has 9 rings (SSSR count). The van der Waals surface area contributed by atoms with Gasteiger partial charge in [0.2, 0.25) is 18.6 Å². The van der Waals surface area contributed by atoms with Crippen LogP contribution in [0.3, 0.4) is 0 Å². The summed E-state index contributed by atoms with van der Waals surface area (Å²) < 4.78 is 23.7. The molecule has 2 fully saturated rings. The van der Waals surface area contributed by atoms with Crippen molar-refractivity contribution in [2.24, 2.45) is 0 Å². The van der Waals surface area contributed by atoms with E-state index in [0.29, 0.717) is 45.9 Å². The molecule has 14 nitrogen and oxygen atoms in total. The molecule has 0 radical (unpaired) electrons. The lowest BCUT2D eigenvalue weighted by molar-refractivity contribution is -0.152. The third-order valence-electron chi connectivity index (χ3n) is 11.7. The lowest BCUT2D eigenvalue weighted by atomic mass is 9.71. The number of likely N-dealkylation sites (N-methyl/N-ethyl adjacent to an activating group) is 1. The van der Waals surface area contributed by atoms with E-state index >= 15 is 0 Å². The first-order valence-electron chi connectivity index (χ1n) is 18.5. The molecule has 3 aromatic carbocycles. The molecule has 15 heteroatoms. The summed E-state index contributed by atoms with van der Waals surface area (Å²) in [5.41, 5.74) is 4.80. The minimum Gasteiger partial charge on any atom is -0.507 e. The lowest BCUT2D eigenvalue weighted by Crippen LogP contribution is -2.69. The molecule has 3 aromatic rings. The number of carbonyl (C=O) groups excluding carboxylic acids is 3. The van der Waals surface area contributed by atoms with E-state index in [1.54, 1.807) is 13.0 Å². The first-order valence-corrected chi connectivity index (χ1v) is 19.5. The molecule has 4 bridgehead atoms. The largest absolute Gasteiger partial charge is 0.507 e. The predicted molar refractivity (Wildman–Crippen MR) is 205 cm³/mol. The van der Waals surface area contributed by atoms with Crippen LogP contribution in [0.25, 0.3) is 6.08 Å². The number of piperazine rings is 1. The summed E-state index contributed by atoms with van der Waals surface area (Å²) in [6.07, 6.45) is 3.45. The predicted octanol–water partition coefficient (Wildman–Crippen LogP) is 3.71. The van der Waals surface area contributed by atoms with Crippen molar-refractivity contribution >= 4 is 35.6 Å². The summed E-state index contributed by atoms with van der Waals surface area (Å²) >= 11 is 1.33. The number of ether oxygens (including phenoxy) is 4. The Labute approximate surface area is 328 Å². The summed E-state index contributed by atoms with van der Waals surface area (Å²) in [6.45, 7) is 4.85. The quantitative estimate of drug-likeness (QED) is 0.210. The van der Waals surface area contributed by atoms with Gasteiger partial charge >= 0.3 is 5.97 Å². The minimum atomic E-state index is -1.13. The van der Waals surface area contributed by atoms with Crippen molar-refractivity contribution in [3.63, 3.8) is 0 Å². The van der Waals surface area contributed by atoms with Crippen LogP contribution in [0.2, 0.25) is 0 Å². The lowest BCUT2D eigenvalue weighted by Gasteiger charge is -2.61. The van der Waals surface area contributed by atoms with Crippen LogP contribution in [0.4, 0.5) is 0 Å². The van der Waals surface area contributed by atoms with E-state index in [1.807, 2.05) is 50.4 Å². The van der Waals surface area contributed by atoms with Crippen molar-refractivity contribution in [1.29, 1.82) is 5.26 Å². The summed E-state index contributed by atoms with van der Waals surface area (Å²) in [5, 5.41) is 39.7. The highest BCUT2D eigenvalue weighted by atomic mass is 32.2. The zero-order chi connectivity index (χ0) is 39.6. The topological polar surface area (TPSA) is 183 Å². The summed E-state index contributed by atoms with van der Waals surface area (Å²) in [7, 11) is 3.46. The normalized spacial score (nSPS) is 26.9. The molecule has 0 aromatic heterocycles. The van der Waals surface area contributed by atoms with Crippen molar-refractivity contribution in [2.45, 2.75) is 74.7 Å². The molecule has 0 saturated carbocycles. The maximum Gasteiger partial charge on any atom is 0.329 e. The van der Waals surface area contributed by atoms with Crippen LogP contribution in [-0.4, -0.2) is 101 Å². The maximum atomic E-state index is 13.9. The number of rotatable bonds is 6. The van der Waals surface area contributed by atoms with Crippen LogP contribution in [-0.2, 0) is 25.5 Å². The number of phenols is 2. The van der Waals surface area contributed by atoms with Crippen LogP contribution in [0.15, 0.2) is 42.5 Å². The number of fused-ring (bicyclic) bond motifs is 10. The van der Waals surface area contributed by atoms with Crippen LogP contribution >= 0.6 is 11.8 Å². The summed E-state index contributed by atoms with van der Waals surface area (Å²) in [6, 6.07) is 8.90. The number of esters is 1. The van der Waals surface area contributed by atoms with E-state index in [4.69, 9.17) is 18.9 Å². The molecular formula is C41H43N5O9S. The van der Waals surface area contributed by atoms with Crippen molar-refractivity contribution in [3.05, 3.63) is 81.4 Å². The van der Waals surface area contributed by atoms with E-state index in [9.17, 15) is 29.9 Å². The number of benzene rings is 3. The number of nitrogens with one attached hydrogen (secondary N) is 2. The average molecular weight is 782 g/mol. The molecule has 2 unspecified atom stereocenters. The molecule has 0 aliphatic carbocycles. The molecule has 2 saturated heterocycles. The van der Waals surface area contributed by atoms with Crippen molar-refractivity contribution < 1.29 is 43.5 Å². The third kappa shape index (κ3) is 5.98.